The lowest BCUT2D eigenvalue weighted by Gasteiger charge is -2.47. The van der Waals surface area contributed by atoms with Gasteiger partial charge in [0.2, 0.25) is 0 Å². The first-order valence-corrected chi connectivity index (χ1v) is 11.2. The van der Waals surface area contributed by atoms with Gasteiger partial charge in [-0.3, -0.25) is 0 Å². The van der Waals surface area contributed by atoms with Crippen LogP contribution in [0, 0.1) is 0 Å². The van der Waals surface area contributed by atoms with Crippen LogP contribution in [-0.4, -0.2) is 32.7 Å². The second-order valence-electron chi connectivity index (χ2n) is 8.32. The van der Waals surface area contributed by atoms with Crippen molar-refractivity contribution in [2.24, 2.45) is 0 Å². The second-order valence-corrected chi connectivity index (χ2v) is 10.0. The van der Waals surface area contributed by atoms with E-state index in [4.69, 9.17) is 16.3 Å². The first-order chi connectivity index (χ1) is 14.7. The van der Waals surface area contributed by atoms with Crippen molar-refractivity contribution in [2.45, 2.75) is 49.9 Å². The highest BCUT2D eigenvalue weighted by atomic mass is 35.5. The van der Waals surface area contributed by atoms with Crippen LogP contribution in [-0.2, 0) is 22.8 Å². The Balaban J connectivity index is 1.42. The fourth-order valence-electron chi connectivity index (χ4n) is 4.54. The number of hydrogen-bond acceptors (Lipinski definition) is 6. The van der Waals surface area contributed by atoms with Gasteiger partial charge in [-0.15, -0.1) is 16.4 Å². The molecule has 2 aliphatic rings. The van der Waals surface area contributed by atoms with E-state index >= 15 is 0 Å². The summed E-state index contributed by atoms with van der Waals surface area (Å²) in [6.45, 7) is 1.87. The Morgan fingerprint density at radius 2 is 2.10 bits per heavy atom. The van der Waals surface area contributed by atoms with Gasteiger partial charge < -0.3 is 15.2 Å². The van der Waals surface area contributed by atoms with Gasteiger partial charge in [-0.05, 0) is 37.1 Å². The fraction of sp³-hybridized carbons (Fsp3) is 0.429. The Labute approximate surface area is 186 Å². The number of alkyl halides is 2. The first kappa shape index (κ1) is 20.8. The van der Waals surface area contributed by atoms with E-state index in [1.54, 1.807) is 16.8 Å². The normalized spacial score (nSPS) is 27.4. The molecule has 0 aliphatic carbocycles. The van der Waals surface area contributed by atoms with E-state index in [1.807, 2.05) is 25.3 Å². The number of benzene rings is 1. The van der Waals surface area contributed by atoms with E-state index in [0.29, 0.717) is 28.6 Å². The molecule has 164 valence electrons. The van der Waals surface area contributed by atoms with E-state index in [2.05, 4.69) is 15.6 Å². The van der Waals surface area contributed by atoms with Gasteiger partial charge in [0.15, 0.2) is 0 Å². The number of hydrogen-bond donors (Lipinski definition) is 2. The molecule has 3 aromatic rings. The van der Waals surface area contributed by atoms with Gasteiger partial charge in [-0.1, -0.05) is 28.9 Å². The summed E-state index contributed by atoms with van der Waals surface area (Å²) in [6, 6.07) is 8.11. The Morgan fingerprint density at radius 3 is 2.87 bits per heavy atom. The Morgan fingerprint density at radius 1 is 1.32 bits per heavy atom. The molecule has 0 saturated carbocycles. The van der Waals surface area contributed by atoms with Crippen LogP contribution in [0.2, 0.25) is 4.34 Å². The third kappa shape index (κ3) is 3.84. The van der Waals surface area contributed by atoms with Crippen LogP contribution in [0.4, 0.5) is 8.78 Å². The molecule has 0 radical (unpaired) electrons. The highest BCUT2D eigenvalue weighted by Gasteiger charge is 2.53. The molecule has 0 unspecified atom stereocenters. The van der Waals surface area contributed by atoms with Crippen molar-refractivity contribution in [1.29, 1.82) is 0 Å². The number of thiophene rings is 1. The average Bonchev–Trinajstić information content (AvgIpc) is 3.35. The number of ether oxygens (including phenoxy) is 1. The zero-order valence-electron chi connectivity index (χ0n) is 16.7. The van der Waals surface area contributed by atoms with E-state index in [0.717, 1.165) is 11.3 Å². The summed E-state index contributed by atoms with van der Waals surface area (Å²) >= 11 is 7.31. The van der Waals surface area contributed by atoms with Crippen molar-refractivity contribution in [1.82, 2.24) is 20.3 Å². The van der Waals surface area contributed by atoms with Crippen LogP contribution in [0.5, 0.6) is 5.75 Å². The number of nitrogens with one attached hydrogen (secondary N) is 1. The summed E-state index contributed by atoms with van der Waals surface area (Å²) in [7, 11) is 0. The number of fused-ring (bicyclic) bond motifs is 2. The van der Waals surface area contributed by atoms with Gasteiger partial charge in [0.1, 0.15) is 18.0 Å². The van der Waals surface area contributed by atoms with E-state index in [1.165, 1.54) is 17.4 Å². The van der Waals surface area contributed by atoms with E-state index in [-0.39, 0.29) is 23.4 Å². The molecule has 1 saturated heterocycles. The lowest BCUT2D eigenvalue weighted by Crippen LogP contribution is -2.51. The zero-order chi connectivity index (χ0) is 21.8. The molecule has 1 spiro atoms. The monoisotopic (exact) mass is 466 g/mol. The van der Waals surface area contributed by atoms with Crippen molar-refractivity contribution in [2.75, 3.05) is 6.61 Å². The zero-order valence-corrected chi connectivity index (χ0v) is 18.3. The molecular weight excluding hydrogens is 446 g/mol. The van der Waals surface area contributed by atoms with Gasteiger partial charge in [-0.25, -0.2) is 4.68 Å². The van der Waals surface area contributed by atoms with Crippen molar-refractivity contribution < 1.29 is 18.6 Å². The summed E-state index contributed by atoms with van der Waals surface area (Å²) in [5.41, 5.74) is 0.865. The fourth-order valence-corrected chi connectivity index (χ4v) is 5.99. The van der Waals surface area contributed by atoms with Crippen molar-refractivity contribution in [3.05, 3.63) is 62.6 Å². The maximum Gasteiger partial charge on any atom is 0.297 e. The molecule has 2 aromatic heterocycles. The topological polar surface area (TPSA) is 72.2 Å². The van der Waals surface area contributed by atoms with Gasteiger partial charge in [0.25, 0.3) is 5.92 Å². The maximum absolute atomic E-state index is 14.5. The van der Waals surface area contributed by atoms with Crippen molar-refractivity contribution >= 4 is 22.9 Å². The smallest absolute Gasteiger partial charge is 0.297 e. The number of aromatic hydroxyl groups is 1. The van der Waals surface area contributed by atoms with Crippen LogP contribution in [0.1, 0.15) is 47.5 Å². The minimum absolute atomic E-state index is 0.0161. The average molecular weight is 467 g/mol. The van der Waals surface area contributed by atoms with Gasteiger partial charge in [-0.2, -0.15) is 8.78 Å². The Kier molecular flexibility index (Phi) is 5.04. The van der Waals surface area contributed by atoms with Crippen LogP contribution in [0.15, 0.2) is 36.5 Å². The standard InChI is InChI=1S/C21H21ClF2N4O2S/c1-12-7-20(19-15(6-18(22)31-19)21(23,24)11-30-20)8-16(25-12)17-10-28(27-26-17)9-13-2-4-14(29)5-3-13/h2-6,10,12,16,25,29H,7-9,11H2,1H3/t12-,16-,20-/m0/s1. The summed E-state index contributed by atoms with van der Waals surface area (Å²) < 4.78 is 36.9. The Hall–Kier alpha value is -2.07. The van der Waals surface area contributed by atoms with Crippen molar-refractivity contribution in [3.8, 4) is 5.75 Å². The lowest BCUT2D eigenvalue weighted by atomic mass is 9.78. The predicted molar refractivity (Wildman–Crippen MR) is 113 cm³/mol. The van der Waals surface area contributed by atoms with Gasteiger partial charge in [0, 0.05) is 22.9 Å². The quantitative estimate of drug-likeness (QED) is 0.591. The summed E-state index contributed by atoms with van der Waals surface area (Å²) in [6.07, 6.45) is 2.90. The third-order valence-corrected chi connectivity index (χ3v) is 7.34. The molecule has 5 rings (SSSR count). The molecular formula is C21H21ClF2N4O2S. The molecule has 31 heavy (non-hydrogen) atoms. The van der Waals surface area contributed by atoms with Crippen molar-refractivity contribution in [3.63, 3.8) is 0 Å². The number of nitrogens with zero attached hydrogens (tertiary/aromatic N) is 3. The molecule has 2 N–H and O–H groups in total. The first-order valence-electron chi connectivity index (χ1n) is 10.0. The van der Waals surface area contributed by atoms with Crippen LogP contribution in [0.3, 0.4) is 0 Å². The molecule has 4 heterocycles. The molecule has 1 aromatic carbocycles. The van der Waals surface area contributed by atoms with Crippen LogP contribution in [0.25, 0.3) is 0 Å². The highest BCUT2D eigenvalue weighted by molar-refractivity contribution is 7.16. The van der Waals surface area contributed by atoms with Gasteiger partial charge >= 0.3 is 0 Å². The molecule has 10 heteroatoms. The predicted octanol–water partition coefficient (Wildman–Crippen LogP) is 4.58. The molecule has 0 bridgehead atoms. The molecule has 3 atom stereocenters. The number of piperidine rings is 1. The largest absolute Gasteiger partial charge is 0.508 e. The number of aromatic nitrogens is 3. The van der Waals surface area contributed by atoms with Crippen LogP contribution < -0.4 is 5.32 Å². The second kappa shape index (κ2) is 7.51. The molecule has 2 aliphatic heterocycles. The minimum Gasteiger partial charge on any atom is -0.508 e. The summed E-state index contributed by atoms with van der Waals surface area (Å²) in [5, 5.41) is 21.5. The van der Waals surface area contributed by atoms with E-state index < -0.39 is 18.1 Å². The van der Waals surface area contributed by atoms with Gasteiger partial charge in [0.05, 0.1) is 28.8 Å². The summed E-state index contributed by atoms with van der Waals surface area (Å²) in [4.78, 5) is 0.517. The minimum atomic E-state index is -3.04. The molecule has 1 fully saturated rings. The highest BCUT2D eigenvalue weighted by Crippen LogP contribution is 2.54. The van der Waals surface area contributed by atoms with E-state index in [9.17, 15) is 13.9 Å². The van der Waals surface area contributed by atoms with Crippen LogP contribution >= 0.6 is 22.9 Å². The Bertz CT molecular complexity index is 1100. The SMILES string of the molecule is C[C@H]1C[C@@]2(C[C@@H](c3cn(Cc4ccc(O)cc4)nn3)N1)OCC(F)(F)c1cc(Cl)sc12. The molecule has 6 nitrogen and oxygen atoms in total. The number of phenols is 1. The number of rotatable bonds is 3. The maximum atomic E-state index is 14.5. The molecule has 0 amide bonds. The third-order valence-electron chi connectivity index (χ3n) is 5.89. The number of halogens is 3. The summed E-state index contributed by atoms with van der Waals surface area (Å²) in [5.74, 6) is -2.83. The number of phenolic OH excluding ortho intramolecular Hbond substituents is 1. The lowest BCUT2D eigenvalue weighted by molar-refractivity contribution is -0.183.